The molecule has 0 aliphatic carbocycles. The van der Waals surface area contributed by atoms with Crippen LogP contribution in [-0.4, -0.2) is 34.1 Å². The van der Waals surface area contributed by atoms with Crippen molar-refractivity contribution in [2.24, 2.45) is 11.5 Å². The average molecular weight is 171 g/mol. The molecule has 0 heterocycles. The summed E-state index contributed by atoms with van der Waals surface area (Å²) in [7, 11) is 0. The van der Waals surface area contributed by atoms with E-state index >= 15 is 0 Å². The van der Waals surface area contributed by atoms with Crippen LogP contribution >= 0.6 is 0 Å². The van der Waals surface area contributed by atoms with E-state index in [0.717, 1.165) is 0 Å². The number of rotatable bonds is 1. The number of hydrogen-bond donors (Lipinski definition) is 2. The van der Waals surface area contributed by atoms with Gasteiger partial charge < -0.3 is 26.3 Å². The molecule has 3 heteroatoms. The maximum atomic E-state index is 5.69. The zero-order valence-corrected chi connectivity index (χ0v) is 10.3. The second-order valence-corrected chi connectivity index (χ2v) is 3.44. The molecule has 0 bridgehead atoms. The first-order valence-electron chi connectivity index (χ1n) is 2.83. The first-order valence-corrected chi connectivity index (χ1v) is 2.83. The van der Waals surface area contributed by atoms with Gasteiger partial charge in [0.05, 0.1) is 0 Å². The van der Waals surface area contributed by atoms with E-state index < -0.39 is 0 Å². The summed E-state index contributed by atoms with van der Waals surface area (Å²) < 4.78 is 0. The van der Waals surface area contributed by atoms with Gasteiger partial charge in [-0.05, 0) is 27.7 Å². The summed E-state index contributed by atoms with van der Waals surface area (Å²) in [5, 5.41) is 0. The van der Waals surface area contributed by atoms with E-state index in [9.17, 15) is 0 Å². The van der Waals surface area contributed by atoms with Crippen LogP contribution in [0.15, 0.2) is 0 Å². The summed E-state index contributed by atoms with van der Waals surface area (Å²) in [6.07, 6.45) is 0. The zero-order valence-electron chi connectivity index (χ0n) is 8.86. The van der Waals surface area contributed by atoms with E-state index in [2.05, 4.69) is 0 Å². The van der Waals surface area contributed by atoms with Gasteiger partial charge in [0, 0.05) is 11.1 Å². The van der Waals surface area contributed by atoms with Gasteiger partial charge in [-0.15, -0.1) is 0 Å². The molecule has 0 aromatic carbocycles. The Labute approximate surface area is 88.3 Å². The van der Waals surface area contributed by atoms with Crippen LogP contribution in [-0.2, 0) is 0 Å². The maximum Gasteiger partial charge on any atom is 2.00 e. The molecule has 11 heavy (non-hydrogen) atoms. The minimum Gasteiger partial charge on any atom is -0.358 e. The molecule has 2 nitrogen and oxygen atoms in total. The van der Waals surface area contributed by atoms with Gasteiger partial charge in [0.25, 0.3) is 0 Å². The molecule has 0 amide bonds. The van der Waals surface area contributed by atoms with Crippen molar-refractivity contribution in [2.75, 3.05) is 0 Å². The molecule has 0 spiro atoms. The minimum atomic E-state index is -0.285. The second kappa shape index (κ2) is 6.23. The van der Waals surface area contributed by atoms with Gasteiger partial charge >= 0.3 is 23.1 Å². The minimum absolute atomic E-state index is 0. The maximum absolute atomic E-state index is 5.69. The molecule has 0 saturated heterocycles. The third-order valence-electron chi connectivity index (χ3n) is 1.66. The summed E-state index contributed by atoms with van der Waals surface area (Å²) in [5.74, 6) is 0. The molecule has 0 aromatic heterocycles. The Bertz CT molecular complexity index is 67.1. The van der Waals surface area contributed by atoms with Crippen molar-refractivity contribution >= 4 is 23.1 Å². The van der Waals surface area contributed by atoms with Crippen molar-refractivity contribution in [1.29, 1.82) is 0 Å². The van der Waals surface area contributed by atoms with Crippen molar-refractivity contribution in [1.82, 2.24) is 0 Å². The quantitative estimate of drug-likeness (QED) is 0.455. The summed E-state index contributed by atoms with van der Waals surface area (Å²) in [6, 6.07) is 0. The van der Waals surface area contributed by atoms with Crippen LogP contribution in [0, 0.1) is 14.9 Å². The van der Waals surface area contributed by atoms with Crippen molar-refractivity contribution in [3.63, 3.8) is 0 Å². The van der Waals surface area contributed by atoms with Gasteiger partial charge in [-0.1, -0.05) is 0 Å². The van der Waals surface area contributed by atoms with Gasteiger partial charge in [0.15, 0.2) is 0 Å². The molecule has 0 fully saturated rings. The van der Waals surface area contributed by atoms with Crippen LogP contribution < -0.4 is 11.5 Å². The fourth-order valence-electron chi connectivity index (χ4n) is 0. The monoisotopic (exact) mass is 170 g/mol. The fraction of sp³-hybridized carbons (Fsp3) is 0.750. The topological polar surface area (TPSA) is 52.0 Å². The van der Waals surface area contributed by atoms with E-state index in [1.54, 1.807) is 0 Å². The normalized spacial score (nSPS) is 10.4. The van der Waals surface area contributed by atoms with Crippen LogP contribution in [0.5, 0.6) is 0 Å². The van der Waals surface area contributed by atoms with E-state index in [4.69, 9.17) is 11.5 Å². The second-order valence-electron chi connectivity index (χ2n) is 3.44. The van der Waals surface area contributed by atoms with Gasteiger partial charge in [0.1, 0.15) is 0 Å². The van der Waals surface area contributed by atoms with E-state index in [1.807, 2.05) is 27.7 Å². The molecule has 0 saturated carbocycles. The van der Waals surface area contributed by atoms with Crippen molar-refractivity contribution in [3.8, 4) is 0 Å². The van der Waals surface area contributed by atoms with Gasteiger partial charge in [-0.3, -0.25) is 0 Å². The summed E-state index contributed by atoms with van der Waals surface area (Å²) >= 11 is 0. The molecule has 0 aliphatic heterocycles. The molecule has 0 unspecified atom stereocenters. The Hall–Kier alpha value is 0.686. The molecule has 66 valence electrons. The summed E-state index contributed by atoms with van der Waals surface area (Å²) in [4.78, 5) is 0. The molecule has 4 N–H and O–H groups in total. The van der Waals surface area contributed by atoms with Crippen molar-refractivity contribution in [2.45, 2.75) is 38.8 Å². The fourth-order valence-corrected chi connectivity index (χ4v) is 0. The van der Waals surface area contributed by atoms with Crippen LogP contribution in [0.3, 0.4) is 0 Å². The van der Waals surface area contributed by atoms with Crippen LogP contribution in [0.25, 0.3) is 0 Å². The summed E-state index contributed by atoms with van der Waals surface area (Å²) in [5.41, 5.74) is 10.8. The molecular weight excluding hydrogens is 148 g/mol. The first kappa shape index (κ1) is 22.6. The Balaban J connectivity index is -0.0000000817. The summed E-state index contributed by atoms with van der Waals surface area (Å²) in [6.45, 7) is 7.69. The van der Waals surface area contributed by atoms with Crippen LogP contribution in [0.2, 0.25) is 0 Å². The zero-order chi connectivity index (χ0) is 7.00. The van der Waals surface area contributed by atoms with Crippen LogP contribution in [0.4, 0.5) is 0 Å². The van der Waals surface area contributed by atoms with Gasteiger partial charge in [0.2, 0.25) is 0 Å². The first-order chi connectivity index (χ1) is 3.25. The molecule has 0 radical (unpaired) electrons. The molecule has 0 rings (SSSR count). The molecule has 0 atom stereocenters. The van der Waals surface area contributed by atoms with E-state index in [-0.39, 0.29) is 49.0 Å². The Morgan fingerprint density at radius 2 is 0.818 bits per heavy atom. The average Bonchev–Trinajstić information content (AvgIpc) is 1.25. The number of nitrogens with two attached hydrogens (primary N) is 2. The third kappa shape index (κ3) is 8.59. The standard InChI is InChI=1S/C6H16N2.2CH3.Mg/c1-5(2,7)6(3,4)8;;;/h7-8H2,1-4H3;2*1H3;/q;2*-1;+2. The third-order valence-corrected chi connectivity index (χ3v) is 1.66. The Morgan fingerprint density at radius 1 is 0.727 bits per heavy atom. The largest absolute Gasteiger partial charge is 2.00 e. The molecular formula is C8H22MgN2. The van der Waals surface area contributed by atoms with Crippen LogP contribution in [0.1, 0.15) is 27.7 Å². The molecule has 0 aromatic rings. The molecule has 0 aliphatic rings. The smallest absolute Gasteiger partial charge is 0.358 e. The predicted octanol–water partition coefficient (Wildman–Crippen LogP) is 0.981. The van der Waals surface area contributed by atoms with Crippen molar-refractivity contribution in [3.05, 3.63) is 14.9 Å². The van der Waals surface area contributed by atoms with Gasteiger partial charge in [-0.25, -0.2) is 0 Å². The van der Waals surface area contributed by atoms with E-state index in [1.165, 1.54) is 0 Å². The predicted molar refractivity (Wildman–Crippen MR) is 55.1 cm³/mol. The van der Waals surface area contributed by atoms with E-state index in [0.29, 0.717) is 0 Å². The van der Waals surface area contributed by atoms with Crippen molar-refractivity contribution < 1.29 is 0 Å². The number of hydrogen-bond acceptors (Lipinski definition) is 2. The Morgan fingerprint density at radius 3 is 0.818 bits per heavy atom. The SMILES string of the molecule is CC(C)(N)C(C)(C)N.[CH3-].[CH3-].[Mg+2]. The van der Waals surface area contributed by atoms with Gasteiger partial charge in [-0.2, -0.15) is 0 Å². The Kier molecular flexibility index (Phi) is 12.8.